The van der Waals surface area contributed by atoms with Gasteiger partial charge >= 0.3 is 6.09 Å². The second kappa shape index (κ2) is 10.1. The third kappa shape index (κ3) is 5.38. The summed E-state index contributed by atoms with van der Waals surface area (Å²) >= 11 is 1.30. The number of pyridine rings is 2. The fourth-order valence-electron chi connectivity index (χ4n) is 4.61. The van der Waals surface area contributed by atoms with Gasteiger partial charge < -0.3 is 19.5 Å². The molecular formula is C29H29F2N3O4S. The largest absolute Gasteiger partial charge is 0.493 e. The SMILES string of the molecule is CC(C)Oc1cc(F)cc(F)c1-c1c(-c2cc3c(cn2)CCN(C(=O)OC(C)(C)C)C3)nc(O)c2ccsc12. The molecule has 7 nitrogen and oxygen atoms in total. The fraction of sp³-hybridized carbons (Fsp3) is 0.345. The number of benzene rings is 1. The molecule has 5 rings (SSSR count). The summed E-state index contributed by atoms with van der Waals surface area (Å²) in [5.41, 5.74) is 2.17. The van der Waals surface area contributed by atoms with E-state index in [1.54, 1.807) is 42.5 Å². The molecule has 0 fully saturated rings. The van der Waals surface area contributed by atoms with Crippen molar-refractivity contribution in [3.05, 3.63) is 58.6 Å². The maximum Gasteiger partial charge on any atom is 0.410 e. The molecule has 1 aliphatic heterocycles. The van der Waals surface area contributed by atoms with Crippen LogP contribution in [0.2, 0.25) is 0 Å². The number of aromatic hydroxyl groups is 1. The van der Waals surface area contributed by atoms with Gasteiger partial charge in [-0.05, 0) is 69.7 Å². The lowest BCUT2D eigenvalue weighted by atomic mass is 9.96. The number of hydrogen-bond donors (Lipinski definition) is 1. The van der Waals surface area contributed by atoms with Crippen LogP contribution in [0.5, 0.6) is 11.6 Å². The molecule has 39 heavy (non-hydrogen) atoms. The molecule has 0 aliphatic carbocycles. The van der Waals surface area contributed by atoms with Gasteiger partial charge in [-0.3, -0.25) is 4.98 Å². The highest BCUT2D eigenvalue weighted by atomic mass is 32.1. The lowest BCUT2D eigenvalue weighted by molar-refractivity contribution is 0.0224. The number of nitrogens with zero attached hydrogens (tertiary/aromatic N) is 3. The molecule has 0 radical (unpaired) electrons. The number of amides is 1. The zero-order valence-corrected chi connectivity index (χ0v) is 23.2. The topological polar surface area (TPSA) is 84.8 Å². The quantitative estimate of drug-likeness (QED) is 0.290. The third-order valence-corrected chi connectivity index (χ3v) is 7.14. The minimum Gasteiger partial charge on any atom is -0.493 e. The van der Waals surface area contributed by atoms with E-state index in [2.05, 4.69) is 9.97 Å². The summed E-state index contributed by atoms with van der Waals surface area (Å²) in [5, 5.41) is 13.0. The fourth-order valence-corrected chi connectivity index (χ4v) is 5.56. The van der Waals surface area contributed by atoms with E-state index in [-0.39, 0.29) is 29.0 Å². The first-order valence-electron chi connectivity index (χ1n) is 12.6. The highest BCUT2D eigenvalue weighted by molar-refractivity contribution is 7.17. The van der Waals surface area contributed by atoms with Crippen molar-refractivity contribution in [1.29, 1.82) is 0 Å². The maximum atomic E-state index is 15.5. The zero-order valence-electron chi connectivity index (χ0n) is 22.3. The molecular weight excluding hydrogens is 524 g/mol. The van der Waals surface area contributed by atoms with Crippen LogP contribution in [0.4, 0.5) is 13.6 Å². The van der Waals surface area contributed by atoms with E-state index in [4.69, 9.17) is 9.47 Å². The van der Waals surface area contributed by atoms with E-state index in [1.807, 2.05) is 20.8 Å². The van der Waals surface area contributed by atoms with Crippen LogP contribution in [0, 0.1) is 11.6 Å². The first-order valence-corrected chi connectivity index (χ1v) is 13.5. The second-order valence-corrected chi connectivity index (χ2v) is 11.7. The van der Waals surface area contributed by atoms with Crippen LogP contribution in [0.3, 0.4) is 0 Å². The number of rotatable bonds is 4. The van der Waals surface area contributed by atoms with Gasteiger partial charge in [0.2, 0.25) is 5.88 Å². The van der Waals surface area contributed by atoms with Crippen molar-refractivity contribution in [2.75, 3.05) is 6.54 Å². The number of halogens is 2. The van der Waals surface area contributed by atoms with Crippen molar-refractivity contribution in [1.82, 2.24) is 14.9 Å². The molecule has 3 aromatic heterocycles. The Kier molecular flexibility index (Phi) is 6.92. The molecule has 0 bridgehead atoms. The van der Waals surface area contributed by atoms with Crippen molar-refractivity contribution in [2.45, 2.75) is 59.3 Å². The van der Waals surface area contributed by atoms with Gasteiger partial charge in [0.05, 0.1) is 22.7 Å². The summed E-state index contributed by atoms with van der Waals surface area (Å²) < 4.78 is 41.8. The molecule has 1 aromatic carbocycles. The molecule has 0 unspecified atom stereocenters. The average Bonchev–Trinajstić information content (AvgIpc) is 3.33. The Labute approximate surface area is 229 Å². The number of carbonyl (C=O) groups is 1. The number of carbonyl (C=O) groups excluding carboxylic acids is 1. The summed E-state index contributed by atoms with van der Waals surface area (Å²) in [4.78, 5) is 23.4. The van der Waals surface area contributed by atoms with E-state index in [1.165, 1.54) is 11.3 Å². The van der Waals surface area contributed by atoms with E-state index >= 15 is 4.39 Å². The van der Waals surface area contributed by atoms with Gasteiger partial charge in [-0.1, -0.05) is 0 Å². The monoisotopic (exact) mass is 553 g/mol. The first-order chi connectivity index (χ1) is 18.4. The Balaban J connectivity index is 1.67. The molecule has 1 N–H and O–H groups in total. The summed E-state index contributed by atoms with van der Waals surface area (Å²) in [6.45, 7) is 9.78. The average molecular weight is 554 g/mol. The van der Waals surface area contributed by atoms with Crippen molar-refractivity contribution in [3.8, 4) is 34.1 Å². The van der Waals surface area contributed by atoms with Gasteiger partial charge in [0.15, 0.2) is 0 Å². The molecule has 4 aromatic rings. The van der Waals surface area contributed by atoms with Gasteiger partial charge in [-0.15, -0.1) is 11.3 Å². The van der Waals surface area contributed by atoms with Gasteiger partial charge in [-0.2, -0.15) is 0 Å². The van der Waals surface area contributed by atoms with Gasteiger partial charge in [-0.25, -0.2) is 18.6 Å². The highest BCUT2D eigenvalue weighted by Gasteiger charge is 2.29. The van der Waals surface area contributed by atoms with E-state index in [0.717, 1.165) is 23.3 Å². The Morgan fingerprint density at radius 1 is 1.15 bits per heavy atom. The zero-order chi connectivity index (χ0) is 28.1. The molecule has 0 saturated carbocycles. The van der Waals surface area contributed by atoms with E-state index in [9.17, 15) is 14.3 Å². The Morgan fingerprint density at radius 3 is 2.64 bits per heavy atom. The standard InChI is InChI=1S/C29H29F2N3O4S/c1-15(2)37-22-12-18(30)11-20(31)23(22)24-25(33-27(35)19-7-9-39-26(19)24)21-10-17-14-34(8-6-16(17)13-32-21)28(36)38-29(3,4)5/h7,9-13,15H,6,8,14H2,1-5H3,(H,33,35). The minimum absolute atomic E-state index is 0.0278. The lowest BCUT2D eigenvalue weighted by Gasteiger charge is -2.31. The van der Waals surface area contributed by atoms with Gasteiger partial charge in [0, 0.05) is 41.7 Å². The van der Waals surface area contributed by atoms with Crippen LogP contribution in [-0.4, -0.2) is 44.3 Å². The molecule has 0 atom stereocenters. The highest BCUT2D eigenvalue weighted by Crippen LogP contribution is 2.46. The summed E-state index contributed by atoms with van der Waals surface area (Å²) in [7, 11) is 0. The Morgan fingerprint density at radius 2 is 1.92 bits per heavy atom. The van der Waals surface area contributed by atoms with Crippen LogP contribution >= 0.6 is 11.3 Å². The Bertz CT molecular complexity index is 1580. The normalized spacial score (nSPS) is 13.6. The van der Waals surface area contributed by atoms with Crippen LogP contribution in [0.25, 0.3) is 32.6 Å². The Hall–Kier alpha value is -3.79. The van der Waals surface area contributed by atoms with Crippen LogP contribution in [-0.2, 0) is 17.7 Å². The molecule has 1 amide bonds. The van der Waals surface area contributed by atoms with Gasteiger partial charge in [0.1, 0.15) is 28.7 Å². The predicted molar refractivity (Wildman–Crippen MR) is 146 cm³/mol. The number of thiophene rings is 1. The molecule has 204 valence electrons. The smallest absolute Gasteiger partial charge is 0.410 e. The van der Waals surface area contributed by atoms with Crippen LogP contribution in [0.1, 0.15) is 45.7 Å². The summed E-state index contributed by atoms with van der Waals surface area (Å²) in [6, 6.07) is 5.44. The van der Waals surface area contributed by atoms with Crippen molar-refractivity contribution >= 4 is 27.5 Å². The van der Waals surface area contributed by atoms with Crippen molar-refractivity contribution in [2.24, 2.45) is 0 Å². The predicted octanol–water partition coefficient (Wildman–Crippen LogP) is 7.09. The summed E-state index contributed by atoms with van der Waals surface area (Å²) in [5.74, 6) is -1.78. The maximum absolute atomic E-state index is 15.5. The van der Waals surface area contributed by atoms with Gasteiger partial charge in [0.25, 0.3) is 0 Å². The lowest BCUT2D eigenvalue weighted by Crippen LogP contribution is -2.39. The van der Waals surface area contributed by atoms with Crippen molar-refractivity contribution < 1.29 is 28.2 Å². The molecule has 10 heteroatoms. The minimum atomic E-state index is -0.817. The number of ether oxygens (including phenoxy) is 2. The third-order valence-electron chi connectivity index (χ3n) is 6.21. The van der Waals surface area contributed by atoms with Crippen LogP contribution in [0.15, 0.2) is 35.8 Å². The van der Waals surface area contributed by atoms with Crippen molar-refractivity contribution in [3.63, 3.8) is 0 Å². The van der Waals surface area contributed by atoms with E-state index in [0.29, 0.717) is 40.9 Å². The summed E-state index contributed by atoms with van der Waals surface area (Å²) in [6.07, 6.45) is 1.55. The molecule has 0 saturated heterocycles. The van der Waals surface area contributed by atoms with E-state index < -0.39 is 23.3 Å². The first kappa shape index (κ1) is 26.8. The number of hydrogen-bond acceptors (Lipinski definition) is 7. The molecule has 4 heterocycles. The number of aromatic nitrogens is 2. The second-order valence-electron chi connectivity index (χ2n) is 10.7. The molecule has 0 spiro atoms. The number of fused-ring (bicyclic) bond motifs is 2. The molecule has 1 aliphatic rings. The van der Waals surface area contributed by atoms with Crippen LogP contribution < -0.4 is 4.74 Å².